The Hall–Kier alpha value is -1.95. The number of guanidine groups is 1. The maximum atomic E-state index is 5.63. The summed E-state index contributed by atoms with van der Waals surface area (Å²) in [5.74, 6) is 2.63. The number of fused-ring (bicyclic) bond motifs is 1. The maximum absolute atomic E-state index is 5.63. The third-order valence-electron chi connectivity index (χ3n) is 5.14. The van der Waals surface area contributed by atoms with E-state index in [1.54, 1.807) is 0 Å². The first-order chi connectivity index (χ1) is 11.8. The van der Waals surface area contributed by atoms with Gasteiger partial charge in [-0.1, -0.05) is 12.1 Å². The van der Waals surface area contributed by atoms with Crippen molar-refractivity contribution in [2.45, 2.75) is 26.3 Å². The van der Waals surface area contributed by atoms with Gasteiger partial charge in [0.15, 0.2) is 17.5 Å². The number of rotatable bonds is 3. The van der Waals surface area contributed by atoms with Gasteiger partial charge in [0.05, 0.1) is 13.2 Å². The molecule has 0 radical (unpaired) electrons. The van der Waals surface area contributed by atoms with E-state index in [4.69, 9.17) is 19.2 Å². The standard InChI is InChI=1S/C18H25N3O3/c1-2-19-17(21-8-6-18(11-21)7-9-22-12-18)20-10-14-4-3-5-15-16(14)24-13-23-15/h3-5H,2,6-13H2,1H3,(H,19,20). The number of nitrogens with zero attached hydrogens (tertiary/aromatic N) is 2. The fourth-order valence-electron chi connectivity index (χ4n) is 3.79. The predicted octanol–water partition coefficient (Wildman–Crippen LogP) is 1.99. The number of benzene rings is 1. The third-order valence-corrected chi connectivity index (χ3v) is 5.14. The van der Waals surface area contributed by atoms with Crippen LogP contribution in [0.15, 0.2) is 23.2 Å². The molecule has 6 heteroatoms. The van der Waals surface area contributed by atoms with Gasteiger partial charge in [-0.15, -0.1) is 0 Å². The van der Waals surface area contributed by atoms with Crippen LogP contribution in [0.5, 0.6) is 11.5 Å². The van der Waals surface area contributed by atoms with Crippen molar-refractivity contribution in [3.63, 3.8) is 0 Å². The Bertz CT molecular complexity index is 626. The average Bonchev–Trinajstić information content (AvgIpc) is 3.33. The van der Waals surface area contributed by atoms with E-state index in [9.17, 15) is 0 Å². The molecule has 0 bridgehead atoms. The molecule has 130 valence electrons. The Kier molecular flexibility index (Phi) is 4.22. The molecular weight excluding hydrogens is 306 g/mol. The zero-order chi connectivity index (χ0) is 16.4. The van der Waals surface area contributed by atoms with Crippen LogP contribution in [0.3, 0.4) is 0 Å². The second-order valence-corrected chi connectivity index (χ2v) is 6.80. The molecule has 1 atom stereocenters. The van der Waals surface area contributed by atoms with Crippen LogP contribution in [0, 0.1) is 5.41 Å². The fraction of sp³-hybridized carbons (Fsp3) is 0.611. The molecule has 1 unspecified atom stereocenters. The highest BCUT2D eigenvalue weighted by atomic mass is 16.7. The van der Waals surface area contributed by atoms with Gasteiger partial charge in [0.2, 0.25) is 6.79 Å². The van der Waals surface area contributed by atoms with Crippen LogP contribution in [0.2, 0.25) is 0 Å². The molecule has 2 saturated heterocycles. The Morgan fingerprint density at radius 2 is 2.29 bits per heavy atom. The number of para-hydroxylation sites is 1. The predicted molar refractivity (Wildman–Crippen MR) is 91.4 cm³/mol. The van der Waals surface area contributed by atoms with Crippen LogP contribution >= 0.6 is 0 Å². The monoisotopic (exact) mass is 331 g/mol. The molecule has 0 amide bonds. The van der Waals surface area contributed by atoms with Crippen LogP contribution in [0.1, 0.15) is 25.3 Å². The lowest BCUT2D eigenvalue weighted by molar-refractivity contribution is 0.156. The molecule has 1 aromatic carbocycles. The molecule has 3 aliphatic heterocycles. The van der Waals surface area contributed by atoms with Gasteiger partial charge in [0.1, 0.15) is 0 Å². The number of ether oxygens (including phenoxy) is 3. The minimum absolute atomic E-state index is 0.296. The Labute approximate surface area is 142 Å². The molecule has 0 saturated carbocycles. The van der Waals surface area contributed by atoms with Crippen LogP contribution < -0.4 is 14.8 Å². The number of nitrogens with one attached hydrogen (secondary N) is 1. The van der Waals surface area contributed by atoms with E-state index in [0.29, 0.717) is 18.8 Å². The molecule has 6 nitrogen and oxygen atoms in total. The van der Waals surface area contributed by atoms with Gasteiger partial charge < -0.3 is 24.4 Å². The lowest BCUT2D eigenvalue weighted by Gasteiger charge is -2.25. The first kappa shape index (κ1) is 15.6. The number of hydrogen-bond acceptors (Lipinski definition) is 4. The average molecular weight is 331 g/mol. The van der Waals surface area contributed by atoms with Crippen molar-refractivity contribution in [1.82, 2.24) is 10.2 Å². The molecule has 2 fully saturated rings. The number of aliphatic imine (C=N–C) groups is 1. The highest BCUT2D eigenvalue weighted by molar-refractivity contribution is 5.80. The van der Waals surface area contributed by atoms with E-state index in [0.717, 1.165) is 55.9 Å². The van der Waals surface area contributed by atoms with E-state index in [1.165, 1.54) is 12.8 Å². The minimum atomic E-state index is 0.296. The summed E-state index contributed by atoms with van der Waals surface area (Å²) in [6.45, 7) is 7.73. The highest BCUT2D eigenvalue weighted by Crippen LogP contribution is 2.38. The molecule has 1 N–H and O–H groups in total. The van der Waals surface area contributed by atoms with Gasteiger partial charge in [0.25, 0.3) is 0 Å². The van der Waals surface area contributed by atoms with Crippen molar-refractivity contribution < 1.29 is 14.2 Å². The van der Waals surface area contributed by atoms with Gasteiger partial charge in [0, 0.05) is 37.2 Å². The van der Waals surface area contributed by atoms with E-state index >= 15 is 0 Å². The summed E-state index contributed by atoms with van der Waals surface area (Å²) in [5.41, 5.74) is 1.40. The third kappa shape index (κ3) is 2.90. The van der Waals surface area contributed by atoms with Crippen molar-refractivity contribution >= 4 is 5.96 Å². The second-order valence-electron chi connectivity index (χ2n) is 6.80. The summed E-state index contributed by atoms with van der Waals surface area (Å²) in [6, 6.07) is 5.98. The molecule has 24 heavy (non-hydrogen) atoms. The van der Waals surface area contributed by atoms with Gasteiger partial charge in [-0.05, 0) is 25.8 Å². The van der Waals surface area contributed by atoms with E-state index in [1.807, 2.05) is 12.1 Å². The van der Waals surface area contributed by atoms with Crippen molar-refractivity contribution in [1.29, 1.82) is 0 Å². The maximum Gasteiger partial charge on any atom is 0.231 e. The molecule has 3 aliphatic rings. The molecule has 1 spiro atoms. The van der Waals surface area contributed by atoms with Crippen LogP contribution in [-0.4, -0.2) is 50.5 Å². The minimum Gasteiger partial charge on any atom is -0.454 e. The van der Waals surface area contributed by atoms with Crippen LogP contribution in [-0.2, 0) is 11.3 Å². The van der Waals surface area contributed by atoms with Crippen LogP contribution in [0.25, 0.3) is 0 Å². The first-order valence-electron chi connectivity index (χ1n) is 8.78. The Morgan fingerprint density at radius 3 is 3.12 bits per heavy atom. The summed E-state index contributed by atoms with van der Waals surface area (Å²) in [7, 11) is 0. The molecule has 0 aliphatic carbocycles. The van der Waals surface area contributed by atoms with Crippen molar-refractivity contribution in [2.24, 2.45) is 10.4 Å². The molecule has 3 heterocycles. The van der Waals surface area contributed by atoms with Gasteiger partial charge in [-0.2, -0.15) is 0 Å². The summed E-state index contributed by atoms with van der Waals surface area (Å²) in [6.07, 6.45) is 2.36. The quantitative estimate of drug-likeness (QED) is 0.678. The highest BCUT2D eigenvalue weighted by Gasteiger charge is 2.42. The SMILES string of the molecule is CCNC(=NCc1cccc2c1OCO2)N1CCC2(CCOC2)C1. The molecule has 0 aromatic heterocycles. The normalized spacial score (nSPS) is 25.7. The largest absolute Gasteiger partial charge is 0.454 e. The summed E-state index contributed by atoms with van der Waals surface area (Å²) < 4.78 is 16.7. The summed E-state index contributed by atoms with van der Waals surface area (Å²) in [4.78, 5) is 7.23. The lowest BCUT2D eigenvalue weighted by atomic mass is 9.87. The topological polar surface area (TPSA) is 55.3 Å². The Morgan fingerprint density at radius 1 is 1.33 bits per heavy atom. The van der Waals surface area contributed by atoms with Crippen molar-refractivity contribution in [3.8, 4) is 11.5 Å². The fourth-order valence-corrected chi connectivity index (χ4v) is 3.79. The van der Waals surface area contributed by atoms with Gasteiger partial charge in [-0.25, -0.2) is 4.99 Å². The van der Waals surface area contributed by atoms with E-state index in [2.05, 4.69) is 23.2 Å². The van der Waals surface area contributed by atoms with Crippen molar-refractivity contribution in [3.05, 3.63) is 23.8 Å². The smallest absolute Gasteiger partial charge is 0.231 e. The summed E-state index contributed by atoms with van der Waals surface area (Å²) >= 11 is 0. The summed E-state index contributed by atoms with van der Waals surface area (Å²) in [5, 5.41) is 3.43. The lowest BCUT2D eigenvalue weighted by Crippen LogP contribution is -2.41. The van der Waals surface area contributed by atoms with Crippen molar-refractivity contribution in [2.75, 3.05) is 39.6 Å². The second kappa shape index (κ2) is 6.51. The van der Waals surface area contributed by atoms with Gasteiger partial charge in [-0.3, -0.25) is 0 Å². The van der Waals surface area contributed by atoms with E-state index in [-0.39, 0.29) is 0 Å². The molecular formula is C18H25N3O3. The Balaban J connectivity index is 1.49. The van der Waals surface area contributed by atoms with Crippen LogP contribution in [0.4, 0.5) is 0 Å². The molecule has 4 rings (SSSR count). The van der Waals surface area contributed by atoms with Gasteiger partial charge >= 0.3 is 0 Å². The zero-order valence-electron chi connectivity index (χ0n) is 14.2. The van der Waals surface area contributed by atoms with E-state index < -0.39 is 0 Å². The number of hydrogen-bond donors (Lipinski definition) is 1. The number of likely N-dealkylation sites (tertiary alicyclic amines) is 1. The first-order valence-corrected chi connectivity index (χ1v) is 8.78. The molecule has 1 aromatic rings. The zero-order valence-corrected chi connectivity index (χ0v) is 14.2.